The van der Waals surface area contributed by atoms with Crippen LogP contribution in [0.1, 0.15) is 6.42 Å². The number of anilines is 1. The Morgan fingerprint density at radius 1 is 1.48 bits per heavy atom. The molecule has 108 valence electrons. The van der Waals surface area contributed by atoms with Gasteiger partial charge in [0.05, 0.1) is 6.54 Å². The molecule has 5 rings (SSSR count). The smallest absolute Gasteiger partial charge is 0.291 e. The summed E-state index contributed by atoms with van der Waals surface area (Å²) in [7, 11) is 0. The van der Waals surface area contributed by atoms with Gasteiger partial charge in [-0.1, -0.05) is 11.3 Å². The Morgan fingerprint density at radius 2 is 2.48 bits per heavy atom. The molecule has 6 nitrogen and oxygen atoms in total. The van der Waals surface area contributed by atoms with E-state index in [0.717, 1.165) is 35.1 Å². The molecule has 1 N–H and O–H groups in total. The van der Waals surface area contributed by atoms with Crippen LogP contribution in [0.3, 0.4) is 0 Å². The topological polar surface area (TPSA) is 62.6 Å². The van der Waals surface area contributed by atoms with Crippen LogP contribution in [0.2, 0.25) is 0 Å². The highest BCUT2D eigenvalue weighted by molar-refractivity contribution is 7.21. The molecule has 7 heteroatoms. The van der Waals surface area contributed by atoms with Crippen molar-refractivity contribution in [3.8, 4) is 0 Å². The SMILES string of the molecule is c1cnc2sc(NC3=NC[C@]4(CN5CC[C@@H]4C5)O3)nc2c1. The van der Waals surface area contributed by atoms with Gasteiger partial charge in [-0.05, 0) is 25.1 Å². The van der Waals surface area contributed by atoms with E-state index in [-0.39, 0.29) is 5.60 Å². The van der Waals surface area contributed by atoms with Gasteiger partial charge < -0.3 is 4.74 Å². The number of hydrogen-bond donors (Lipinski definition) is 1. The number of piperidine rings is 1. The van der Waals surface area contributed by atoms with Crippen molar-refractivity contribution < 1.29 is 4.74 Å². The van der Waals surface area contributed by atoms with Crippen LogP contribution in [0.4, 0.5) is 5.13 Å². The summed E-state index contributed by atoms with van der Waals surface area (Å²) >= 11 is 1.53. The van der Waals surface area contributed by atoms with Crippen LogP contribution in [0.25, 0.3) is 10.3 Å². The first-order valence-corrected chi connectivity index (χ1v) is 8.07. The summed E-state index contributed by atoms with van der Waals surface area (Å²) in [5.41, 5.74) is 0.819. The summed E-state index contributed by atoms with van der Waals surface area (Å²) in [5, 5.41) is 4.01. The van der Waals surface area contributed by atoms with Crippen molar-refractivity contribution in [1.82, 2.24) is 14.9 Å². The zero-order chi connectivity index (χ0) is 13.9. The number of pyridine rings is 1. The normalized spacial score (nSPS) is 33.6. The lowest BCUT2D eigenvalue weighted by Gasteiger charge is -2.31. The molecule has 0 radical (unpaired) electrons. The molecule has 2 saturated heterocycles. The fourth-order valence-electron chi connectivity index (χ4n) is 3.65. The van der Waals surface area contributed by atoms with Crippen molar-refractivity contribution in [2.45, 2.75) is 12.0 Å². The van der Waals surface area contributed by atoms with E-state index >= 15 is 0 Å². The Morgan fingerprint density at radius 3 is 3.29 bits per heavy atom. The number of amidine groups is 1. The standard InChI is InChI=1S/C14H15N5OS/c1-2-10-11(15-4-1)21-13(17-10)18-12-16-7-14(20-12)8-19-5-3-9(14)6-19/h1-2,4,9H,3,5-8H2,(H,16,17,18)/t9-,14-/m1/s1. The quantitative estimate of drug-likeness (QED) is 0.866. The van der Waals surface area contributed by atoms with Gasteiger partial charge in [0.15, 0.2) is 5.13 Å². The van der Waals surface area contributed by atoms with Gasteiger partial charge in [0, 0.05) is 25.2 Å². The molecule has 0 saturated carbocycles. The van der Waals surface area contributed by atoms with E-state index in [4.69, 9.17) is 4.74 Å². The summed E-state index contributed by atoms with van der Waals surface area (Å²) in [4.78, 5) is 16.8. The minimum atomic E-state index is -0.0878. The van der Waals surface area contributed by atoms with Crippen molar-refractivity contribution in [2.24, 2.45) is 10.9 Å². The van der Waals surface area contributed by atoms with E-state index in [0.29, 0.717) is 11.9 Å². The first-order chi connectivity index (χ1) is 10.3. The van der Waals surface area contributed by atoms with Gasteiger partial charge in [-0.3, -0.25) is 10.2 Å². The molecule has 2 aromatic rings. The number of aliphatic imine (C=N–C) groups is 1. The lowest BCUT2D eigenvalue weighted by Crippen LogP contribution is -2.46. The maximum atomic E-state index is 6.19. The fraction of sp³-hybridized carbons (Fsp3) is 0.500. The lowest BCUT2D eigenvalue weighted by molar-refractivity contribution is 0.0364. The van der Waals surface area contributed by atoms with Gasteiger partial charge in [-0.25, -0.2) is 15.0 Å². The Labute approximate surface area is 125 Å². The molecule has 0 amide bonds. The van der Waals surface area contributed by atoms with Crippen molar-refractivity contribution in [3.63, 3.8) is 0 Å². The fourth-order valence-corrected chi connectivity index (χ4v) is 4.45. The van der Waals surface area contributed by atoms with Gasteiger partial charge in [0.1, 0.15) is 15.9 Å². The molecule has 1 unspecified atom stereocenters. The highest BCUT2D eigenvalue weighted by Crippen LogP contribution is 2.41. The largest absolute Gasteiger partial charge is 0.455 e. The van der Waals surface area contributed by atoms with Crippen LogP contribution < -0.4 is 5.32 Å². The highest BCUT2D eigenvalue weighted by atomic mass is 32.1. The number of nitrogens with zero attached hydrogens (tertiary/aromatic N) is 4. The Bertz CT molecular complexity index is 711. The van der Waals surface area contributed by atoms with Crippen molar-refractivity contribution in [1.29, 1.82) is 0 Å². The van der Waals surface area contributed by atoms with Gasteiger partial charge in [0.25, 0.3) is 6.02 Å². The third-order valence-corrected chi connectivity index (χ3v) is 5.57. The Hall–Kier alpha value is -1.73. The first-order valence-electron chi connectivity index (χ1n) is 7.25. The van der Waals surface area contributed by atoms with Gasteiger partial charge in [-0.2, -0.15) is 0 Å². The van der Waals surface area contributed by atoms with E-state index in [1.54, 1.807) is 6.20 Å². The minimum Gasteiger partial charge on any atom is -0.455 e. The van der Waals surface area contributed by atoms with Crippen LogP contribution in [0, 0.1) is 5.92 Å². The van der Waals surface area contributed by atoms with Gasteiger partial charge >= 0.3 is 0 Å². The summed E-state index contributed by atoms with van der Waals surface area (Å²) in [6.07, 6.45) is 3.01. The maximum Gasteiger partial charge on any atom is 0.291 e. The summed E-state index contributed by atoms with van der Waals surface area (Å²) < 4.78 is 6.19. The lowest BCUT2D eigenvalue weighted by atomic mass is 9.88. The molecule has 2 bridgehead atoms. The molecule has 3 aliphatic heterocycles. The number of aromatic nitrogens is 2. The first kappa shape index (κ1) is 11.9. The summed E-state index contributed by atoms with van der Waals surface area (Å²) in [6, 6.07) is 4.47. The van der Waals surface area contributed by atoms with Crippen LogP contribution >= 0.6 is 11.3 Å². The monoisotopic (exact) mass is 301 g/mol. The summed E-state index contributed by atoms with van der Waals surface area (Å²) in [6.45, 7) is 4.14. The van der Waals surface area contributed by atoms with E-state index < -0.39 is 0 Å². The second-order valence-corrected chi connectivity index (χ2v) is 6.96. The highest BCUT2D eigenvalue weighted by Gasteiger charge is 2.54. The molecular weight excluding hydrogens is 286 g/mol. The van der Waals surface area contributed by atoms with Crippen LogP contribution in [-0.2, 0) is 4.74 Å². The van der Waals surface area contributed by atoms with E-state index in [9.17, 15) is 0 Å². The van der Waals surface area contributed by atoms with Crippen LogP contribution in [-0.4, -0.2) is 52.7 Å². The average molecular weight is 301 g/mol. The second kappa shape index (κ2) is 4.14. The molecule has 3 atom stereocenters. The zero-order valence-electron chi connectivity index (χ0n) is 11.5. The Kier molecular flexibility index (Phi) is 2.34. The predicted molar refractivity (Wildman–Crippen MR) is 81.7 cm³/mol. The predicted octanol–water partition coefficient (Wildman–Crippen LogP) is 1.56. The molecule has 2 fully saturated rings. The molecule has 5 heterocycles. The van der Waals surface area contributed by atoms with Crippen molar-refractivity contribution in [2.75, 3.05) is 31.5 Å². The van der Waals surface area contributed by atoms with Gasteiger partial charge in [0.2, 0.25) is 0 Å². The van der Waals surface area contributed by atoms with Crippen LogP contribution in [0.15, 0.2) is 23.3 Å². The molecular formula is C14H15N5OS. The number of nitrogens with one attached hydrogen (secondary N) is 1. The zero-order valence-corrected chi connectivity index (χ0v) is 12.3. The number of hydrogen-bond acceptors (Lipinski definition) is 7. The minimum absolute atomic E-state index is 0.0878. The molecule has 0 aliphatic carbocycles. The summed E-state index contributed by atoms with van der Waals surface area (Å²) in [5.74, 6) is 0.623. The second-order valence-electron chi connectivity index (χ2n) is 5.98. The number of thiazole rings is 1. The number of ether oxygens (including phenoxy) is 1. The maximum absolute atomic E-state index is 6.19. The van der Waals surface area contributed by atoms with E-state index in [2.05, 4.69) is 25.2 Å². The molecule has 1 spiro atoms. The molecule has 0 aromatic carbocycles. The van der Waals surface area contributed by atoms with E-state index in [1.807, 2.05) is 12.1 Å². The molecule has 2 aromatic heterocycles. The molecule has 3 aliphatic rings. The third-order valence-electron chi connectivity index (χ3n) is 4.68. The molecule has 21 heavy (non-hydrogen) atoms. The number of rotatable bonds is 1. The third kappa shape index (κ3) is 1.77. The van der Waals surface area contributed by atoms with E-state index in [1.165, 1.54) is 24.3 Å². The van der Waals surface area contributed by atoms with Crippen molar-refractivity contribution in [3.05, 3.63) is 18.3 Å². The average Bonchev–Trinajstić information content (AvgIpc) is 3.23. The van der Waals surface area contributed by atoms with Gasteiger partial charge in [-0.15, -0.1) is 0 Å². The van der Waals surface area contributed by atoms with Crippen molar-refractivity contribution >= 4 is 32.8 Å². The number of fused-ring (bicyclic) bond motifs is 4. The Balaban J connectivity index is 1.35. The van der Waals surface area contributed by atoms with Crippen LogP contribution in [0.5, 0.6) is 0 Å².